The number of rotatable bonds is 2. The van der Waals surface area contributed by atoms with Gasteiger partial charge in [0.15, 0.2) is 5.78 Å². The molecule has 0 saturated carbocycles. The maximum atomic E-state index is 10.8. The minimum absolute atomic E-state index is 0.0660. The molecule has 58 valence electrons. The molecule has 1 aromatic rings. The second kappa shape index (κ2) is 3.25. The molecule has 1 unspecified atom stereocenters. The fourth-order valence-corrected chi connectivity index (χ4v) is 0.768. The minimum Gasteiger partial charge on any atom is -0.317 e. The van der Waals surface area contributed by atoms with E-state index in [0.29, 0.717) is 5.69 Å². The molecule has 1 aromatic heterocycles. The lowest BCUT2D eigenvalue weighted by atomic mass is 10.1. The Hall–Kier alpha value is -1.22. The van der Waals surface area contributed by atoms with Crippen molar-refractivity contribution in [3.63, 3.8) is 0 Å². The van der Waals surface area contributed by atoms with Crippen LogP contribution in [0.15, 0.2) is 24.4 Å². The molecule has 0 aliphatic carbocycles. The van der Waals surface area contributed by atoms with Gasteiger partial charge in [0.25, 0.3) is 0 Å². The number of hydrogen-bond donors (Lipinski definition) is 1. The lowest BCUT2D eigenvalue weighted by molar-refractivity contribution is -0.118. The van der Waals surface area contributed by atoms with Gasteiger partial charge in [-0.1, -0.05) is 6.07 Å². The van der Waals surface area contributed by atoms with E-state index in [4.69, 9.17) is 5.73 Å². The summed E-state index contributed by atoms with van der Waals surface area (Å²) in [5.41, 5.74) is 6.15. The van der Waals surface area contributed by atoms with Crippen molar-refractivity contribution in [2.45, 2.75) is 13.0 Å². The summed E-state index contributed by atoms with van der Waals surface area (Å²) >= 11 is 0. The first-order valence-electron chi connectivity index (χ1n) is 3.39. The average Bonchev–Trinajstić information content (AvgIpc) is 2.05. The second-order valence-electron chi connectivity index (χ2n) is 2.34. The molecule has 0 aliphatic rings. The maximum Gasteiger partial charge on any atom is 0.152 e. The second-order valence-corrected chi connectivity index (χ2v) is 2.34. The van der Waals surface area contributed by atoms with E-state index in [9.17, 15) is 4.79 Å². The van der Waals surface area contributed by atoms with Crippen LogP contribution in [0.2, 0.25) is 0 Å². The van der Waals surface area contributed by atoms with E-state index in [1.807, 2.05) is 6.07 Å². The SMILES string of the molecule is CC(=O)C(N)c1ccccn1. The summed E-state index contributed by atoms with van der Waals surface area (Å²) in [7, 11) is 0. The van der Waals surface area contributed by atoms with E-state index < -0.39 is 6.04 Å². The number of ketones is 1. The number of nitrogens with two attached hydrogens (primary N) is 1. The van der Waals surface area contributed by atoms with Gasteiger partial charge in [0, 0.05) is 6.20 Å². The Morgan fingerprint density at radius 3 is 2.82 bits per heavy atom. The lowest BCUT2D eigenvalue weighted by Crippen LogP contribution is -2.19. The molecule has 0 saturated heterocycles. The topological polar surface area (TPSA) is 56.0 Å². The lowest BCUT2D eigenvalue weighted by Gasteiger charge is -2.04. The van der Waals surface area contributed by atoms with E-state index in [1.54, 1.807) is 18.3 Å². The fraction of sp³-hybridized carbons (Fsp3) is 0.250. The third-order valence-electron chi connectivity index (χ3n) is 1.44. The molecule has 1 rings (SSSR count). The van der Waals surface area contributed by atoms with Crippen LogP contribution in [0.5, 0.6) is 0 Å². The average molecular weight is 150 g/mol. The van der Waals surface area contributed by atoms with E-state index in [2.05, 4.69) is 4.98 Å². The minimum atomic E-state index is -0.573. The van der Waals surface area contributed by atoms with Crippen LogP contribution in [0.4, 0.5) is 0 Å². The van der Waals surface area contributed by atoms with Crippen molar-refractivity contribution < 1.29 is 4.79 Å². The molecule has 3 nitrogen and oxygen atoms in total. The summed E-state index contributed by atoms with van der Waals surface area (Å²) in [5, 5.41) is 0. The largest absolute Gasteiger partial charge is 0.317 e. The van der Waals surface area contributed by atoms with Crippen molar-refractivity contribution in [2.24, 2.45) is 5.73 Å². The Kier molecular flexibility index (Phi) is 2.33. The zero-order valence-electron chi connectivity index (χ0n) is 6.32. The highest BCUT2D eigenvalue weighted by Crippen LogP contribution is 2.05. The summed E-state index contributed by atoms with van der Waals surface area (Å²) in [5.74, 6) is -0.0660. The van der Waals surface area contributed by atoms with Gasteiger partial charge in [-0.2, -0.15) is 0 Å². The Labute approximate surface area is 65.2 Å². The fourth-order valence-electron chi connectivity index (χ4n) is 0.768. The third-order valence-corrected chi connectivity index (χ3v) is 1.44. The zero-order valence-corrected chi connectivity index (χ0v) is 6.32. The van der Waals surface area contributed by atoms with Gasteiger partial charge in [-0.05, 0) is 19.1 Å². The molecule has 0 fully saturated rings. The standard InChI is InChI=1S/C8H10N2O/c1-6(11)8(9)7-4-2-3-5-10-7/h2-5,8H,9H2,1H3. The molecule has 1 atom stereocenters. The van der Waals surface area contributed by atoms with Crippen molar-refractivity contribution in [2.75, 3.05) is 0 Å². The number of Topliss-reactive ketones (excluding diaryl/α,β-unsaturated/α-hetero) is 1. The molecule has 0 spiro atoms. The first-order chi connectivity index (χ1) is 5.22. The smallest absolute Gasteiger partial charge is 0.152 e. The molecular weight excluding hydrogens is 140 g/mol. The first kappa shape index (κ1) is 7.88. The van der Waals surface area contributed by atoms with Crippen LogP contribution in [0, 0.1) is 0 Å². The molecule has 2 N–H and O–H groups in total. The van der Waals surface area contributed by atoms with Crippen LogP contribution in [0.1, 0.15) is 18.7 Å². The summed E-state index contributed by atoms with van der Waals surface area (Å²) < 4.78 is 0. The number of nitrogens with zero attached hydrogens (tertiary/aromatic N) is 1. The zero-order chi connectivity index (χ0) is 8.27. The van der Waals surface area contributed by atoms with Gasteiger partial charge in [-0.25, -0.2) is 0 Å². The highest BCUT2D eigenvalue weighted by atomic mass is 16.1. The molecule has 1 heterocycles. The van der Waals surface area contributed by atoms with Crippen LogP contribution >= 0.6 is 0 Å². The van der Waals surface area contributed by atoms with Crippen molar-refractivity contribution in [1.82, 2.24) is 4.98 Å². The van der Waals surface area contributed by atoms with Crippen LogP contribution in [0.25, 0.3) is 0 Å². The van der Waals surface area contributed by atoms with Gasteiger partial charge in [0.05, 0.1) is 5.69 Å². The number of carbonyl (C=O) groups excluding carboxylic acids is 1. The van der Waals surface area contributed by atoms with Gasteiger partial charge in [0.2, 0.25) is 0 Å². The number of carbonyl (C=O) groups is 1. The van der Waals surface area contributed by atoms with E-state index >= 15 is 0 Å². The number of pyridine rings is 1. The first-order valence-corrected chi connectivity index (χ1v) is 3.39. The molecular formula is C8H10N2O. The Morgan fingerprint density at radius 1 is 1.64 bits per heavy atom. The van der Waals surface area contributed by atoms with E-state index in [1.165, 1.54) is 6.92 Å². The molecule has 0 amide bonds. The normalized spacial score (nSPS) is 12.5. The van der Waals surface area contributed by atoms with Crippen molar-refractivity contribution in [1.29, 1.82) is 0 Å². The Morgan fingerprint density at radius 2 is 2.36 bits per heavy atom. The molecule has 0 radical (unpaired) electrons. The van der Waals surface area contributed by atoms with Gasteiger partial charge in [0.1, 0.15) is 6.04 Å². The van der Waals surface area contributed by atoms with Gasteiger partial charge in [-0.3, -0.25) is 9.78 Å². The summed E-state index contributed by atoms with van der Waals surface area (Å²) in [6.45, 7) is 1.46. The summed E-state index contributed by atoms with van der Waals surface area (Å²) in [6.07, 6.45) is 1.62. The van der Waals surface area contributed by atoms with Crippen LogP contribution in [-0.4, -0.2) is 10.8 Å². The predicted octanol–water partition coefficient (Wildman–Crippen LogP) is 0.670. The quantitative estimate of drug-likeness (QED) is 0.674. The van der Waals surface area contributed by atoms with Crippen molar-refractivity contribution in [3.8, 4) is 0 Å². The van der Waals surface area contributed by atoms with Crippen LogP contribution < -0.4 is 5.73 Å². The molecule has 0 aliphatic heterocycles. The maximum absolute atomic E-state index is 10.8. The predicted molar refractivity (Wildman–Crippen MR) is 41.8 cm³/mol. The molecule has 3 heteroatoms. The van der Waals surface area contributed by atoms with Crippen molar-refractivity contribution >= 4 is 5.78 Å². The highest BCUT2D eigenvalue weighted by molar-refractivity contribution is 5.82. The number of hydrogen-bond acceptors (Lipinski definition) is 3. The van der Waals surface area contributed by atoms with Gasteiger partial charge < -0.3 is 5.73 Å². The van der Waals surface area contributed by atoms with E-state index in [0.717, 1.165) is 0 Å². The van der Waals surface area contributed by atoms with E-state index in [-0.39, 0.29) is 5.78 Å². The number of aromatic nitrogens is 1. The molecule has 11 heavy (non-hydrogen) atoms. The van der Waals surface area contributed by atoms with Crippen LogP contribution in [-0.2, 0) is 4.79 Å². The van der Waals surface area contributed by atoms with Gasteiger partial charge in [-0.15, -0.1) is 0 Å². The van der Waals surface area contributed by atoms with Crippen molar-refractivity contribution in [3.05, 3.63) is 30.1 Å². The highest BCUT2D eigenvalue weighted by Gasteiger charge is 2.10. The molecule has 0 aromatic carbocycles. The summed E-state index contributed by atoms with van der Waals surface area (Å²) in [4.78, 5) is 14.7. The van der Waals surface area contributed by atoms with Crippen LogP contribution in [0.3, 0.4) is 0 Å². The molecule has 0 bridgehead atoms. The Balaban J connectivity index is 2.85. The Bertz CT molecular complexity index is 246. The summed E-state index contributed by atoms with van der Waals surface area (Å²) in [6, 6.07) is 4.77. The van der Waals surface area contributed by atoms with Gasteiger partial charge >= 0.3 is 0 Å². The monoisotopic (exact) mass is 150 g/mol. The third kappa shape index (κ3) is 1.85.